The summed E-state index contributed by atoms with van der Waals surface area (Å²) < 4.78 is 22.9. The first-order valence-electron chi connectivity index (χ1n) is 25.3. The van der Waals surface area contributed by atoms with Crippen molar-refractivity contribution in [3.05, 3.63) is 136 Å². The number of ether oxygens (including phenoxy) is 4. The van der Waals surface area contributed by atoms with Crippen molar-refractivity contribution < 1.29 is 38.1 Å². The summed E-state index contributed by atoms with van der Waals surface area (Å²) in [6.07, 6.45) is 0. The van der Waals surface area contributed by atoms with Crippen molar-refractivity contribution >= 4 is 70.3 Å². The molecule has 2 atom stereocenters. The monoisotopic (exact) mass is 1090 g/mol. The van der Waals surface area contributed by atoms with Crippen LogP contribution in [0.25, 0.3) is 0 Å². The zero-order valence-electron chi connectivity index (χ0n) is 41.9. The molecule has 5 heterocycles. The fraction of sp³-hybridized carbons (Fsp3) is 0.481. The van der Waals surface area contributed by atoms with E-state index in [1.165, 1.54) is 0 Å². The summed E-state index contributed by atoms with van der Waals surface area (Å²) in [5.74, 6) is 0.110. The van der Waals surface area contributed by atoms with Gasteiger partial charge in [0.05, 0.1) is 52.9 Å². The van der Waals surface area contributed by atoms with Gasteiger partial charge in [-0.1, -0.05) is 70.7 Å². The molecule has 5 aliphatic rings. The van der Waals surface area contributed by atoms with Gasteiger partial charge in [-0.2, -0.15) is 0 Å². The molecule has 4 aromatic rings. The predicted octanol–water partition coefficient (Wildman–Crippen LogP) is 7.17. The van der Waals surface area contributed by atoms with E-state index in [0.29, 0.717) is 138 Å². The van der Waals surface area contributed by atoms with Crippen LogP contribution in [0.15, 0.2) is 60.7 Å². The van der Waals surface area contributed by atoms with Crippen LogP contribution >= 0.6 is 46.4 Å². The average Bonchev–Trinajstić information content (AvgIpc) is 3.88. The highest BCUT2D eigenvalue weighted by atomic mass is 35.5. The Labute approximate surface area is 452 Å². The van der Waals surface area contributed by atoms with Crippen molar-refractivity contribution in [2.24, 2.45) is 0 Å². The number of carbonyl (C=O) groups is 4. The van der Waals surface area contributed by atoms with Gasteiger partial charge in [0.25, 0.3) is 11.8 Å². The molecular formula is C54H64Cl4N8O8. The molecule has 2 unspecified atom stereocenters. The lowest BCUT2D eigenvalue weighted by Crippen LogP contribution is -2.55. The topological polar surface area (TPSA) is 149 Å². The second-order valence-corrected chi connectivity index (χ2v) is 21.3. The van der Waals surface area contributed by atoms with Crippen LogP contribution in [0.3, 0.4) is 0 Å². The van der Waals surface area contributed by atoms with Crippen LogP contribution in [0, 0.1) is 0 Å². The van der Waals surface area contributed by atoms with E-state index < -0.39 is 0 Å². The van der Waals surface area contributed by atoms with E-state index >= 15 is 0 Å². The number of amides is 6. The number of nitrogens with zero attached hydrogens (tertiary/aromatic N) is 6. The highest BCUT2D eigenvalue weighted by Gasteiger charge is 2.34. The lowest BCUT2D eigenvalue weighted by molar-refractivity contribution is 0.0371. The summed E-state index contributed by atoms with van der Waals surface area (Å²) in [6.45, 7) is 10.3. The largest absolute Gasteiger partial charge is 0.377 e. The molecule has 0 aliphatic carbocycles. The molecule has 1 fully saturated rings. The van der Waals surface area contributed by atoms with Gasteiger partial charge >= 0.3 is 12.1 Å². The average molecular weight is 1090 g/mol. The maximum Gasteiger partial charge on any atom is 0.317 e. The summed E-state index contributed by atoms with van der Waals surface area (Å²) in [4.78, 5) is 63.8. The summed E-state index contributed by atoms with van der Waals surface area (Å²) in [7, 11) is 4.14. The second-order valence-electron chi connectivity index (χ2n) is 19.6. The van der Waals surface area contributed by atoms with Crippen LogP contribution in [-0.4, -0.2) is 186 Å². The Kier molecular flexibility index (Phi) is 18.2. The van der Waals surface area contributed by atoms with Crippen LogP contribution in [0.2, 0.25) is 20.1 Å². The molecule has 1 saturated heterocycles. The molecule has 0 aromatic heterocycles. The standard InChI is InChI=1S/C54H64Cl4N8O8/c1-61-31-45(43-25-39(55)27-49(57)47(43)33-61)35-3-5-37-29-65(51(67)41(37)23-35)13-17-73-21-19-71-15-7-59-53(69)63-9-11-64(12-10-63)54(70)60-8-16-72-20-22-74-18-14-66-30-38-6-4-36(24-42(38)52(66)68)46-32-62(2)34-48-44(46)26-40(56)28-50(48)58/h3-6,23-28,45-46H,7-22,29-34H2,1-2H3,(H,59,69)(H,60,70). The molecule has 6 amide bonds. The van der Waals surface area contributed by atoms with Gasteiger partial charge in [-0.3, -0.25) is 9.59 Å². The Morgan fingerprint density at radius 3 is 1.32 bits per heavy atom. The fourth-order valence-corrected chi connectivity index (χ4v) is 11.7. The lowest BCUT2D eigenvalue weighted by atomic mass is 9.84. The fourth-order valence-electron chi connectivity index (χ4n) is 10.6. The molecule has 4 aromatic carbocycles. The minimum Gasteiger partial charge on any atom is -0.377 e. The number of hydrogen-bond donors (Lipinski definition) is 2. The van der Waals surface area contributed by atoms with E-state index in [9.17, 15) is 19.2 Å². The van der Waals surface area contributed by atoms with Crippen molar-refractivity contribution in [3.8, 4) is 0 Å². The maximum absolute atomic E-state index is 13.4. The summed E-state index contributed by atoms with van der Waals surface area (Å²) in [6, 6.07) is 19.5. The van der Waals surface area contributed by atoms with E-state index in [4.69, 9.17) is 65.4 Å². The van der Waals surface area contributed by atoms with E-state index in [-0.39, 0.29) is 35.7 Å². The number of piperazine rings is 1. The van der Waals surface area contributed by atoms with Gasteiger partial charge in [0.15, 0.2) is 0 Å². The molecule has 0 saturated carbocycles. The number of hydrogen-bond acceptors (Lipinski definition) is 10. The Hall–Kier alpha value is -4.72. The molecule has 0 radical (unpaired) electrons. The highest BCUT2D eigenvalue weighted by Crippen LogP contribution is 2.41. The van der Waals surface area contributed by atoms with Crippen LogP contribution in [0.5, 0.6) is 0 Å². The number of rotatable bonds is 20. The van der Waals surface area contributed by atoms with Gasteiger partial charge in [0.2, 0.25) is 0 Å². The van der Waals surface area contributed by atoms with Gasteiger partial charge in [0, 0.05) is 135 Å². The number of likely N-dealkylation sites (N-methyl/N-ethyl adjacent to an activating group) is 2. The number of nitrogens with one attached hydrogen (secondary N) is 2. The SMILES string of the molecule is CN1Cc2c(Cl)cc(Cl)cc2C(c2ccc3c(c2)C(=O)N(CCOCCOCCNC(=O)N2CCN(C(=O)NCCOCCOCCN4Cc5ccc(C6CN(C)Cc7c(Cl)cc(Cl)cc76)cc5C4=O)CC2)C3)C1. The lowest BCUT2D eigenvalue weighted by Gasteiger charge is -2.34. The molecular weight excluding hydrogens is 1030 g/mol. The van der Waals surface area contributed by atoms with Gasteiger partial charge in [0.1, 0.15) is 0 Å². The summed E-state index contributed by atoms with van der Waals surface area (Å²) >= 11 is 26.0. The minimum absolute atomic E-state index is 0.00149. The van der Waals surface area contributed by atoms with Crippen molar-refractivity contribution in [2.75, 3.05) is 132 Å². The molecule has 396 valence electrons. The molecule has 5 aliphatic heterocycles. The third kappa shape index (κ3) is 12.9. The van der Waals surface area contributed by atoms with Crippen molar-refractivity contribution in [1.82, 2.24) is 40.0 Å². The molecule has 16 nitrogen and oxygen atoms in total. The Balaban J connectivity index is 0.572. The van der Waals surface area contributed by atoms with Crippen LogP contribution in [0.4, 0.5) is 9.59 Å². The first-order chi connectivity index (χ1) is 35.8. The number of fused-ring (bicyclic) bond motifs is 4. The Morgan fingerprint density at radius 1 is 0.527 bits per heavy atom. The first kappa shape index (κ1) is 54.1. The zero-order chi connectivity index (χ0) is 51.9. The van der Waals surface area contributed by atoms with E-state index in [1.807, 2.05) is 34.1 Å². The van der Waals surface area contributed by atoms with Gasteiger partial charge in [-0.05, 0) is 95.0 Å². The van der Waals surface area contributed by atoms with Crippen LogP contribution in [-0.2, 0) is 45.1 Å². The first-order valence-corrected chi connectivity index (χ1v) is 26.9. The Morgan fingerprint density at radius 2 is 0.919 bits per heavy atom. The maximum atomic E-state index is 13.4. The number of benzene rings is 4. The molecule has 20 heteroatoms. The van der Waals surface area contributed by atoms with Crippen LogP contribution in [0.1, 0.15) is 77.1 Å². The van der Waals surface area contributed by atoms with Gasteiger partial charge in [-0.15, -0.1) is 0 Å². The third-order valence-electron chi connectivity index (χ3n) is 14.5. The summed E-state index contributed by atoms with van der Waals surface area (Å²) in [5.41, 5.74) is 9.97. The normalized spacial score (nSPS) is 18.7. The second kappa shape index (κ2) is 25.0. The number of carbonyl (C=O) groups excluding carboxylic acids is 4. The molecule has 9 rings (SSSR count). The highest BCUT2D eigenvalue weighted by molar-refractivity contribution is 6.35. The molecule has 74 heavy (non-hydrogen) atoms. The smallest absolute Gasteiger partial charge is 0.317 e. The van der Waals surface area contributed by atoms with Gasteiger partial charge < -0.3 is 59.0 Å². The minimum atomic E-state index is -0.202. The Bertz CT molecular complexity index is 2530. The van der Waals surface area contributed by atoms with Crippen molar-refractivity contribution in [1.29, 1.82) is 0 Å². The van der Waals surface area contributed by atoms with Crippen molar-refractivity contribution in [2.45, 2.75) is 38.0 Å². The van der Waals surface area contributed by atoms with Crippen molar-refractivity contribution in [3.63, 3.8) is 0 Å². The van der Waals surface area contributed by atoms with Gasteiger partial charge in [-0.25, -0.2) is 9.59 Å². The third-order valence-corrected chi connectivity index (χ3v) is 15.6. The van der Waals surface area contributed by atoms with E-state index in [2.05, 4.69) is 58.8 Å². The molecule has 0 spiro atoms. The van der Waals surface area contributed by atoms with E-state index in [1.54, 1.807) is 21.9 Å². The quantitative estimate of drug-likeness (QED) is 0.0874. The van der Waals surface area contributed by atoms with Crippen LogP contribution < -0.4 is 10.6 Å². The molecule has 2 N–H and O–H groups in total. The molecule has 0 bridgehead atoms. The zero-order valence-corrected chi connectivity index (χ0v) is 45.0. The number of halogens is 4. The van der Waals surface area contributed by atoms with E-state index in [0.717, 1.165) is 81.8 Å². The summed E-state index contributed by atoms with van der Waals surface area (Å²) in [5, 5.41) is 8.32. The number of urea groups is 2. The predicted molar refractivity (Wildman–Crippen MR) is 285 cm³/mol.